The van der Waals surface area contributed by atoms with Gasteiger partial charge in [0.1, 0.15) is 0 Å². The van der Waals surface area contributed by atoms with Crippen LogP contribution in [0.2, 0.25) is 0 Å². The minimum atomic E-state index is -0.0153. The van der Waals surface area contributed by atoms with Crippen LogP contribution in [-0.4, -0.2) is 43.0 Å². The van der Waals surface area contributed by atoms with Crippen LogP contribution in [-0.2, 0) is 4.79 Å². The zero-order valence-corrected chi connectivity index (χ0v) is 14.6. The monoisotopic (exact) mass is 323 g/mol. The standard InChI is InChI=1S/C18H33N3O2/c1-21(16-10-6-3-7-11-16)18(23)20-13-12-19-17(22)14-15-8-4-2-5-9-15/h15-16H,2-14H2,1H3,(H,19,22)(H,20,23). The highest BCUT2D eigenvalue weighted by Gasteiger charge is 2.21. The van der Waals surface area contributed by atoms with Crippen LogP contribution in [0.1, 0.15) is 70.6 Å². The molecule has 2 fully saturated rings. The average Bonchev–Trinajstić information content (AvgIpc) is 2.59. The SMILES string of the molecule is CN(C(=O)NCCNC(=O)CC1CCCCC1)C1CCCCC1. The molecule has 0 aromatic heterocycles. The molecule has 0 bridgehead atoms. The summed E-state index contributed by atoms with van der Waals surface area (Å²) >= 11 is 0. The van der Waals surface area contributed by atoms with Crippen LogP contribution in [0, 0.1) is 5.92 Å². The zero-order chi connectivity index (χ0) is 16.5. The summed E-state index contributed by atoms with van der Waals surface area (Å²) in [5, 5.41) is 5.84. The Morgan fingerprint density at radius 2 is 1.43 bits per heavy atom. The van der Waals surface area contributed by atoms with Crippen molar-refractivity contribution < 1.29 is 9.59 Å². The molecule has 3 amide bonds. The zero-order valence-electron chi connectivity index (χ0n) is 14.6. The van der Waals surface area contributed by atoms with E-state index in [9.17, 15) is 9.59 Å². The molecule has 0 radical (unpaired) electrons. The van der Waals surface area contributed by atoms with Gasteiger partial charge in [0.15, 0.2) is 0 Å². The van der Waals surface area contributed by atoms with Crippen molar-refractivity contribution >= 4 is 11.9 Å². The third-order valence-electron chi connectivity index (χ3n) is 5.36. The quantitative estimate of drug-likeness (QED) is 0.738. The van der Waals surface area contributed by atoms with Crippen molar-refractivity contribution in [3.63, 3.8) is 0 Å². The molecule has 2 saturated carbocycles. The van der Waals surface area contributed by atoms with Gasteiger partial charge in [-0.1, -0.05) is 38.5 Å². The lowest BCUT2D eigenvalue weighted by molar-refractivity contribution is -0.122. The summed E-state index contributed by atoms with van der Waals surface area (Å²) in [5.74, 6) is 0.697. The van der Waals surface area contributed by atoms with E-state index in [1.54, 1.807) is 0 Å². The highest BCUT2D eigenvalue weighted by Crippen LogP contribution is 2.26. The van der Waals surface area contributed by atoms with Gasteiger partial charge < -0.3 is 15.5 Å². The van der Waals surface area contributed by atoms with Crippen molar-refractivity contribution in [2.75, 3.05) is 20.1 Å². The Morgan fingerprint density at radius 1 is 0.870 bits per heavy atom. The third kappa shape index (κ3) is 6.40. The van der Waals surface area contributed by atoms with E-state index in [4.69, 9.17) is 0 Å². The van der Waals surface area contributed by atoms with Gasteiger partial charge in [0.2, 0.25) is 5.91 Å². The summed E-state index contributed by atoms with van der Waals surface area (Å²) in [6, 6.07) is 0.364. The van der Waals surface area contributed by atoms with Gasteiger partial charge in [-0.2, -0.15) is 0 Å². The van der Waals surface area contributed by atoms with E-state index >= 15 is 0 Å². The van der Waals surface area contributed by atoms with Gasteiger partial charge in [0, 0.05) is 32.6 Å². The minimum absolute atomic E-state index is 0.0153. The number of nitrogens with zero attached hydrogens (tertiary/aromatic N) is 1. The summed E-state index contributed by atoms with van der Waals surface area (Å²) in [6.07, 6.45) is 12.8. The Labute approximate surface area is 140 Å². The van der Waals surface area contributed by atoms with E-state index in [1.165, 1.54) is 51.4 Å². The summed E-state index contributed by atoms with van der Waals surface area (Å²) in [6.45, 7) is 1.03. The molecule has 2 rings (SSSR count). The lowest BCUT2D eigenvalue weighted by Gasteiger charge is -2.31. The molecule has 23 heavy (non-hydrogen) atoms. The minimum Gasteiger partial charge on any atom is -0.354 e. The second-order valence-electron chi connectivity index (χ2n) is 7.19. The fraction of sp³-hybridized carbons (Fsp3) is 0.889. The summed E-state index contributed by atoms with van der Waals surface area (Å²) in [7, 11) is 1.88. The second kappa shape index (κ2) is 9.78. The number of carbonyl (C=O) groups excluding carboxylic acids is 2. The summed E-state index contributed by atoms with van der Waals surface area (Å²) < 4.78 is 0. The first-order valence-electron chi connectivity index (χ1n) is 9.44. The topological polar surface area (TPSA) is 61.4 Å². The third-order valence-corrected chi connectivity index (χ3v) is 5.36. The fourth-order valence-electron chi connectivity index (χ4n) is 3.86. The first-order valence-corrected chi connectivity index (χ1v) is 9.44. The summed E-state index contributed by atoms with van der Waals surface area (Å²) in [5.41, 5.74) is 0. The van der Waals surface area contributed by atoms with Crippen LogP contribution < -0.4 is 10.6 Å². The van der Waals surface area contributed by atoms with E-state index in [-0.39, 0.29) is 11.9 Å². The van der Waals surface area contributed by atoms with Crippen LogP contribution in [0.3, 0.4) is 0 Å². The lowest BCUT2D eigenvalue weighted by atomic mass is 9.87. The van der Waals surface area contributed by atoms with Gasteiger partial charge in [-0.05, 0) is 31.6 Å². The van der Waals surface area contributed by atoms with Crippen LogP contribution in [0.15, 0.2) is 0 Å². The Morgan fingerprint density at radius 3 is 2.09 bits per heavy atom. The van der Waals surface area contributed by atoms with Crippen LogP contribution in [0.25, 0.3) is 0 Å². The number of rotatable bonds is 6. The van der Waals surface area contributed by atoms with E-state index < -0.39 is 0 Å². The molecule has 0 aromatic carbocycles. The van der Waals surface area contributed by atoms with Gasteiger partial charge >= 0.3 is 6.03 Å². The van der Waals surface area contributed by atoms with Crippen molar-refractivity contribution in [3.8, 4) is 0 Å². The maximum atomic E-state index is 12.1. The van der Waals surface area contributed by atoms with E-state index in [0.717, 1.165) is 12.8 Å². The molecule has 2 N–H and O–H groups in total. The van der Waals surface area contributed by atoms with Gasteiger partial charge in [0.25, 0.3) is 0 Å². The molecule has 0 unspecified atom stereocenters. The van der Waals surface area contributed by atoms with Gasteiger partial charge in [0.05, 0.1) is 0 Å². The predicted molar refractivity (Wildman–Crippen MR) is 92.2 cm³/mol. The number of urea groups is 1. The fourth-order valence-corrected chi connectivity index (χ4v) is 3.86. The summed E-state index contributed by atoms with van der Waals surface area (Å²) in [4.78, 5) is 25.8. The van der Waals surface area contributed by atoms with E-state index in [2.05, 4.69) is 10.6 Å². The molecule has 2 aliphatic rings. The molecule has 0 saturated heterocycles. The van der Waals surface area contributed by atoms with Gasteiger partial charge in [-0.3, -0.25) is 4.79 Å². The number of hydrogen-bond acceptors (Lipinski definition) is 2. The van der Waals surface area contributed by atoms with Crippen molar-refractivity contribution in [3.05, 3.63) is 0 Å². The molecule has 0 aliphatic heterocycles. The normalized spacial score (nSPS) is 20.0. The Hall–Kier alpha value is -1.26. The number of amides is 3. The molecule has 5 heteroatoms. The molecule has 2 aliphatic carbocycles. The molecule has 0 atom stereocenters. The lowest BCUT2D eigenvalue weighted by Crippen LogP contribution is -2.46. The van der Waals surface area contributed by atoms with Crippen molar-refractivity contribution in [2.24, 2.45) is 5.92 Å². The highest BCUT2D eigenvalue weighted by molar-refractivity contribution is 5.76. The highest BCUT2D eigenvalue weighted by atomic mass is 16.2. The molecule has 0 spiro atoms. The molecular weight excluding hydrogens is 290 g/mol. The number of nitrogens with one attached hydrogen (secondary N) is 2. The molecule has 5 nitrogen and oxygen atoms in total. The molecule has 0 aromatic rings. The second-order valence-corrected chi connectivity index (χ2v) is 7.19. The molecule has 0 heterocycles. The van der Waals surface area contributed by atoms with Crippen LogP contribution >= 0.6 is 0 Å². The smallest absolute Gasteiger partial charge is 0.317 e. The van der Waals surface area contributed by atoms with E-state index in [0.29, 0.717) is 31.5 Å². The molecular formula is C18H33N3O2. The maximum absolute atomic E-state index is 12.1. The van der Waals surface area contributed by atoms with Crippen molar-refractivity contribution in [2.45, 2.75) is 76.7 Å². The number of carbonyl (C=O) groups is 2. The Bertz CT molecular complexity index is 374. The van der Waals surface area contributed by atoms with Crippen molar-refractivity contribution in [1.82, 2.24) is 15.5 Å². The average molecular weight is 323 g/mol. The van der Waals surface area contributed by atoms with Crippen LogP contribution in [0.5, 0.6) is 0 Å². The van der Waals surface area contributed by atoms with Gasteiger partial charge in [-0.15, -0.1) is 0 Å². The van der Waals surface area contributed by atoms with Gasteiger partial charge in [-0.25, -0.2) is 4.79 Å². The van der Waals surface area contributed by atoms with Crippen molar-refractivity contribution in [1.29, 1.82) is 0 Å². The van der Waals surface area contributed by atoms with Crippen LogP contribution in [0.4, 0.5) is 4.79 Å². The Balaban J connectivity index is 1.55. The Kier molecular flexibility index (Phi) is 7.69. The predicted octanol–water partition coefficient (Wildman–Crippen LogP) is 3.05. The van der Waals surface area contributed by atoms with E-state index in [1.807, 2.05) is 11.9 Å². The molecule has 132 valence electrons. The first-order chi connectivity index (χ1) is 11.2. The number of hydrogen-bond donors (Lipinski definition) is 2. The largest absolute Gasteiger partial charge is 0.354 e. The maximum Gasteiger partial charge on any atom is 0.317 e. The first kappa shape index (κ1) is 18.1.